The molecule has 0 spiro atoms. The molecule has 0 unspecified atom stereocenters. The summed E-state index contributed by atoms with van der Waals surface area (Å²) in [4.78, 5) is 0. The van der Waals surface area contributed by atoms with Crippen molar-refractivity contribution in [2.75, 3.05) is 78.9 Å². The second-order valence-electron chi connectivity index (χ2n) is 4.09. The number of ether oxygens (including phenoxy) is 3. The first-order valence-electron chi connectivity index (χ1n) is 6.85. The molecule has 1 aliphatic heterocycles. The molecule has 0 radical (unpaired) electrons. The van der Waals surface area contributed by atoms with Crippen LogP contribution in [0.5, 0.6) is 0 Å². The summed E-state index contributed by atoms with van der Waals surface area (Å²) in [6.45, 7) is 9.78. The molecule has 0 aromatic heterocycles. The second kappa shape index (κ2) is 13.2. The minimum atomic E-state index is 0.750. The highest BCUT2D eigenvalue weighted by Gasteiger charge is 1.94. The van der Waals surface area contributed by atoms with Gasteiger partial charge in [-0.15, -0.1) is 0 Å². The predicted octanol–water partition coefficient (Wildman–Crippen LogP) is -1.18. The Labute approximate surface area is 110 Å². The van der Waals surface area contributed by atoms with Crippen LogP contribution in [0.2, 0.25) is 0 Å². The van der Waals surface area contributed by atoms with Crippen LogP contribution in [0.4, 0.5) is 0 Å². The largest absolute Gasteiger partial charge is 0.379 e. The third kappa shape index (κ3) is 10.9. The van der Waals surface area contributed by atoms with Crippen molar-refractivity contribution in [2.45, 2.75) is 0 Å². The maximum atomic E-state index is 5.46. The van der Waals surface area contributed by atoms with Crippen LogP contribution < -0.4 is 16.0 Å². The van der Waals surface area contributed by atoms with Crippen molar-refractivity contribution in [1.82, 2.24) is 16.0 Å². The molecule has 0 aromatic carbocycles. The molecule has 1 rings (SSSR count). The monoisotopic (exact) mass is 261 g/mol. The van der Waals surface area contributed by atoms with Gasteiger partial charge in [-0.3, -0.25) is 0 Å². The van der Waals surface area contributed by atoms with E-state index in [9.17, 15) is 0 Å². The Balaban J connectivity index is 2.00. The van der Waals surface area contributed by atoms with Gasteiger partial charge < -0.3 is 30.2 Å². The lowest BCUT2D eigenvalue weighted by molar-refractivity contribution is 0.109. The number of rotatable bonds is 0. The summed E-state index contributed by atoms with van der Waals surface area (Å²) in [5, 5.41) is 9.84. The van der Waals surface area contributed by atoms with E-state index in [4.69, 9.17) is 14.2 Å². The van der Waals surface area contributed by atoms with Crippen molar-refractivity contribution < 1.29 is 14.2 Å². The topological polar surface area (TPSA) is 63.8 Å². The van der Waals surface area contributed by atoms with Gasteiger partial charge in [0.25, 0.3) is 0 Å². The molecule has 1 fully saturated rings. The predicted molar refractivity (Wildman–Crippen MR) is 71.1 cm³/mol. The molecular weight excluding hydrogens is 234 g/mol. The number of hydrogen-bond acceptors (Lipinski definition) is 6. The molecule has 0 atom stereocenters. The van der Waals surface area contributed by atoms with Crippen LogP contribution in [0.1, 0.15) is 0 Å². The summed E-state index contributed by atoms with van der Waals surface area (Å²) in [5.74, 6) is 0. The van der Waals surface area contributed by atoms with Crippen molar-refractivity contribution >= 4 is 0 Å². The molecule has 0 aromatic rings. The van der Waals surface area contributed by atoms with Gasteiger partial charge in [-0.05, 0) is 0 Å². The van der Waals surface area contributed by atoms with Crippen LogP contribution in [-0.4, -0.2) is 78.9 Å². The zero-order chi connectivity index (χ0) is 12.7. The summed E-state index contributed by atoms with van der Waals surface area (Å²) in [6, 6.07) is 0. The van der Waals surface area contributed by atoms with E-state index in [1.807, 2.05) is 0 Å². The first kappa shape index (κ1) is 15.8. The van der Waals surface area contributed by atoms with Crippen molar-refractivity contribution in [3.05, 3.63) is 0 Å². The lowest BCUT2D eigenvalue weighted by atomic mass is 10.5. The summed E-state index contributed by atoms with van der Waals surface area (Å²) >= 11 is 0. The SMILES string of the molecule is C1COCCNCCOCCNCCOCCN1. The van der Waals surface area contributed by atoms with E-state index in [1.54, 1.807) is 0 Å². The van der Waals surface area contributed by atoms with Gasteiger partial charge in [0.15, 0.2) is 0 Å². The van der Waals surface area contributed by atoms with Gasteiger partial charge in [0.1, 0.15) is 0 Å². The van der Waals surface area contributed by atoms with E-state index in [2.05, 4.69) is 16.0 Å². The standard InChI is InChI=1S/C12H27N3O3/c1-7-16-9-3-14-5-11-18-12-6-15-4-10-17-8-2-13-1/h13-15H,1-12H2. The summed E-state index contributed by atoms with van der Waals surface area (Å²) < 4.78 is 16.4. The Bertz CT molecular complexity index is 97.6. The lowest BCUT2D eigenvalue weighted by Crippen LogP contribution is -2.30. The molecular formula is C12H27N3O3. The Morgan fingerprint density at radius 2 is 0.611 bits per heavy atom. The van der Waals surface area contributed by atoms with E-state index < -0.39 is 0 Å². The van der Waals surface area contributed by atoms with Crippen LogP contribution in [0, 0.1) is 0 Å². The molecule has 0 amide bonds. The van der Waals surface area contributed by atoms with E-state index in [-0.39, 0.29) is 0 Å². The molecule has 18 heavy (non-hydrogen) atoms. The fourth-order valence-electron chi connectivity index (χ4n) is 1.55. The van der Waals surface area contributed by atoms with Crippen LogP contribution in [0.25, 0.3) is 0 Å². The highest BCUT2D eigenvalue weighted by atomic mass is 16.5. The Kier molecular flexibility index (Phi) is 11.6. The molecule has 0 saturated carbocycles. The van der Waals surface area contributed by atoms with E-state index in [0.717, 1.165) is 78.9 Å². The smallest absolute Gasteiger partial charge is 0.0591 e. The third-order valence-electron chi connectivity index (χ3n) is 2.54. The van der Waals surface area contributed by atoms with Gasteiger partial charge in [0.2, 0.25) is 0 Å². The average Bonchev–Trinajstić information content (AvgIpc) is 2.39. The first-order valence-corrected chi connectivity index (χ1v) is 6.85. The normalized spacial score (nSPS) is 24.0. The maximum Gasteiger partial charge on any atom is 0.0591 e. The molecule has 0 aliphatic carbocycles. The zero-order valence-electron chi connectivity index (χ0n) is 11.2. The fourth-order valence-corrected chi connectivity index (χ4v) is 1.55. The zero-order valence-corrected chi connectivity index (χ0v) is 11.2. The molecule has 6 nitrogen and oxygen atoms in total. The Hall–Kier alpha value is -0.240. The Morgan fingerprint density at radius 3 is 0.833 bits per heavy atom. The summed E-state index contributed by atoms with van der Waals surface area (Å²) in [7, 11) is 0. The molecule has 3 N–H and O–H groups in total. The molecule has 1 saturated heterocycles. The average molecular weight is 261 g/mol. The van der Waals surface area contributed by atoms with Gasteiger partial charge in [-0.25, -0.2) is 0 Å². The van der Waals surface area contributed by atoms with Crippen LogP contribution in [0.15, 0.2) is 0 Å². The number of hydrogen-bond donors (Lipinski definition) is 3. The van der Waals surface area contributed by atoms with Crippen molar-refractivity contribution in [3.8, 4) is 0 Å². The van der Waals surface area contributed by atoms with Crippen LogP contribution in [-0.2, 0) is 14.2 Å². The van der Waals surface area contributed by atoms with Crippen molar-refractivity contribution in [1.29, 1.82) is 0 Å². The van der Waals surface area contributed by atoms with Gasteiger partial charge in [-0.2, -0.15) is 0 Å². The van der Waals surface area contributed by atoms with Crippen LogP contribution in [0.3, 0.4) is 0 Å². The third-order valence-corrected chi connectivity index (χ3v) is 2.54. The number of nitrogens with one attached hydrogen (secondary N) is 3. The first-order chi connectivity index (χ1) is 9.00. The molecule has 6 heteroatoms. The van der Waals surface area contributed by atoms with Gasteiger partial charge >= 0.3 is 0 Å². The minimum Gasteiger partial charge on any atom is -0.379 e. The second-order valence-corrected chi connectivity index (χ2v) is 4.09. The van der Waals surface area contributed by atoms with Gasteiger partial charge in [0.05, 0.1) is 39.6 Å². The molecule has 1 heterocycles. The minimum absolute atomic E-state index is 0.750. The summed E-state index contributed by atoms with van der Waals surface area (Å²) in [5.41, 5.74) is 0. The molecule has 108 valence electrons. The quantitative estimate of drug-likeness (QED) is 0.510. The molecule has 1 aliphatic rings. The highest BCUT2D eigenvalue weighted by molar-refractivity contribution is 4.50. The highest BCUT2D eigenvalue weighted by Crippen LogP contribution is 1.77. The van der Waals surface area contributed by atoms with E-state index in [1.165, 1.54) is 0 Å². The molecule has 0 bridgehead atoms. The lowest BCUT2D eigenvalue weighted by Gasteiger charge is -2.10. The Morgan fingerprint density at radius 1 is 0.389 bits per heavy atom. The van der Waals surface area contributed by atoms with Crippen LogP contribution >= 0.6 is 0 Å². The van der Waals surface area contributed by atoms with Crippen molar-refractivity contribution in [2.24, 2.45) is 0 Å². The van der Waals surface area contributed by atoms with Crippen molar-refractivity contribution in [3.63, 3.8) is 0 Å². The van der Waals surface area contributed by atoms with E-state index in [0.29, 0.717) is 0 Å². The van der Waals surface area contributed by atoms with Gasteiger partial charge in [0, 0.05) is 39.3 Å². The van der Waals surface area contributed by atoms with E-state index >= 15 is 0 Å². The fraction of sp³-hybridized carbons (Fsp3) is 1.00. The summed E-state index contributed by atoms with van der Waals surface area (Å²) in [6.07, 6.45) is 0. The van der Waals surface area contributed by atoms with Gasteiger partial charge in [-0.1, -0.05) is 0 Å². The maximum absolute atomic E-state index is 5.46.